The van der Waals surface area contributed by atoms with Crippen LogP contribution in [0.2, 0.25) is 0 Å². The molecule has 0 fully saturated rings. The van der Waals surface area contributed by atoms with E-state index in [0.29, 0.717) is 6.54 Å². The summed E-state index contributed by atoms with van der Waals surface area (Å²) in [6, 6.07) is 36.2. The third-order valence-corrected chi connectivity index (χ3v) is 5.89. The van der Waals surface area contributed by atoms with Gasteiger partial charge in [-0.1, -0.05) is 111 Å². The average molecular weight is 443 g/mol. The highest BCUT2D eigenvalue weighted by molar-refractivity contribution is 6.19. The molecule has 0 aromatic heterocycles. The summed E-state index contributed by atoms with van der Waals surface area (Å²) < 4.78 is 0. The minimum atomic E-state index is 0.698. The van der Waals surface area contributed by atoms with Gasteiger partial charge < -0.3 is 0 Å². The smallest absolute Gasteiger partial charge is 0.0794 e. The molecule has 0 aliphatic heterocycles. The van der Waals surface area contributed by atoms with Crippen LogP contribution in [0.15, 0.2) is 113 Å². The average Bonchev–Trinajstić information content (AvgIpc) is 2.92. The minimum Gasteiger partial charge on any atom is -0.284 e. The zero-order valence-corrected chi connectivity index (χ0v) is 20.1. The van der Waals surface area contributed by atoms with Crippen molar-refractivity contribution in [3.8, 4) is 11.1 Å². The van der Waals surface area contributed by atoms with Gasteiger partial charge in [0.15, 0.2) is 0 Å². The second-order valence-corrected chi connectivity index (χ2v) is 7.77. The third kappa shape index (κ3) is 4.40. The molecule has 34 heavy (non-hydrogen) atoms. The number of hydrogen-bond donors (Lipinski definition) is 0. The zero-order chi connectivity index (χ0) is 23.9. The van der Waals surface area contributed by atoms with E-state index in [-0.39, 0.29) is 0 Å². The Balaban J connectivity index is 0.00000133. The molecular weight excluding hydrogens is 412 g/mol. The summed E-state index contributed by atoms with van der Waals surface area (Å²) in [5, 5.41) is 4.76. The molecule has 2 nitrogen and oxygen atoms in total. The molecule has 5 aromatic carbocycles. The van der Waals surface area contributed by atoms with Gasteiger partial charge in [0, 0.05) is 23.1 Å². The predicted molar refractivity (Wildman–Crippen MR) is 150 cm³/mol. The highest BCUT2D eigenvalue weighted by Gasteiger charge is 2.14. The first kappa shape index (κ1) is 23.1. The van der Waals surface area contributed by atoms with Crippen molar-refractivity contribution >= 4 is 39.7 Å². The molecule has 0 spiro atoms. The Labute approximate surface area is 202 Å². The fraction of sp³-hybridized carbons (Fsp3) is 0.125. The van der Waals surface area contributed by atoms with Gasteiger partial charge in [0.2, 0.25) is 0 Å². The van der Waals surface area contributed by atoms with Crippen LogP contribution in [0.4, 0.5) is 5.69 Å². The Bertz CT molecular complexity index is 1450. The molecule has 0 radical (unpaired) electrons. The number of nitrogens with zero attached hydrogens (tertiary/aromatic N) is 2. The van der Waals surface area contributed by atoms with Gasteiger partial charge in [0.05, 0.1) is 11.4 Å². The number of rotatable bonds is 5. The van der Waals surface area contributed by atoms with Crippen LogP contribution in [0.25, 0.3) is 32.7 Å². The van der Waals surface area contributed by atoms with E-state index in [0.717, 1.165) is 33.3 Å². The van der Waals surface area contributed by atoms with Crippen LogP contribution in [0.5, 0.6) is 0 Å². The van der Waals surface area contributed by atoms with E-state index in [2.05, 4.69) is 110 Å². The fourth-order valence-electron chi connectivity index (χ4n) is 4.39. The van der Waals surface area contributed by atoms with Crippen LogP contribution >= 0.6 is 0 Å². The van der Waals surface area contributed by atoms with Crippen molar-refractivity contribution in [2.45, 2.75) is 20.8 Å². The van der Waals surface area contributed by atoms with Crippen LogP contribution < -0.4 is 0 Å². The molecule has 0 aliphatic carbocycles. The van der Waals surface area contributed by atoms with Gasteiger partial charge in [0.1, 0.15) is 0 Å². The molecule has 5 rings (SSSR count). The number of fused-ring (bicyclic) bond motifs is 2. The van der Waals surface area contributed by atoms with E-state index >= 15 is 0 Å². The molecule has 0 N–H and O–H groups in total. The Morgan fingerprint density at radius 1 is 0.676 bits per heavy atom. The lowest BCUT2D eigenvalue weighted by Gasteiger charge is -2.13. The first-order valence-electron chi connectivity index (χ1n) is 11.9. The molecule has 0 unspecified atom stereocenters. The molecule has 0 atom stereocenters. The fourth-order valence-corrected chi connectivity index (χ4v) is 4.39. The van der Waals surface area contributed by atoms with Crippen LogP contribution in [0, 0.1) is 0 Å². The van der Waals surface area contributed by atoms with Crippen molar-refractivity contribution in [2.75, 3.05) is 6.54 Å². The van der Waals surface area contributed by atoms with Crippen molar-refractivity contribution in [2.24, 2.45) is 9.98 Å². The van der Waals surface area contributed by atoms with E-state index in [1.807, 2.05) is 26.0 Å². The molecule has 0 bridgehead atoms. The summed E-state index contributed by atoms with van der Waals surface area (Å²) in [6.07, 6.45) is 0. The maximum absolute atomic E-state index is 4.86. The van der Waals surface area contributed by atoms with Gasteiger partial charge in [-0.3, -0.25) is 9.98 Å². The lowest BCUT2D eigenvalue weighted by molar-refractivity contribution is 1.13. The molecule has 0 saturated heterocycles. The van der Waals surface area contributed by atoms with Crippen LogP contribution in [-0.4, -0.2) is 19.0 Å². The summed E-state index contributed by atoms with van der Waals surface area (Å²) >= 11 is 0. The Morgan fingerprint density at radius 3 is 1.97 bits per heavy atom. The Kier molecular flexibility index (Phi) is 7.29. The standard InChI is InChI=1S/C30H24N2.C2H6/c1-3-32-29(28-20-19-22-10-5-7-13-27(22)30(28)31-2)24-17-15-23(16-18-24)26-14-8-11-21-9-4-6-12-25(21)26;1-2/h4-20H,2-3H2,1H3;1-2H3. The Hall–Kier alpha value is -4.04. The molecule has 5 aromatic rings. The summed E-state index contributed by atoms with van der Waals surface area (Å²) in [5.41, 5.74) is 6.36. The van der Waals surface area contributed by atoms with Gasteiger partial charge in [-0.2, -0.15) is 0 Å². The summed E-state index contributed by atoms with van der Waals surface area (Å²) in [5.74, 6) is 0. The van der Waals surface area contributed by atoms with E-state index in [9.17, 15) is 0 Å². The number of aliphatic imine (C=N–C) groups is 2. The van der Waals surface area contributed by atoms with Crippen molar-refractivity contribution < 1.29 is 0 Å². The second kappa shape index (κ2) is 10.7. The lowest BCUT2D eigenvalue weighted by atomic mass is 9.94. The van der Waals surface area contributed by atoms with Crippen molar-refractivity contribution in [3.05, 3.63) is 114 Å². The molecule has 0 amide bonds. The monoisotopic (exact) mass is 442 g/mol. The highest BCUT2D eigenvalue weighted by atomic mass is 14.8. The number of benzene rings is 5. The third-order valence-electron chi connectivity index (χ3n) is 5.89. The van der Waals surface area contributed by atoms with E-state index in [4.69, 9.17) is 4.99 Å². The largest absolute Gasteiger partial charge is 0.284 e. The summed E-state index contributed by atoms with van der Waals surface area (Å²) in [7, 11) is 0. The molecule has 0 aliphatic rings. The molecule has 0 heterocycles. The minimum absolute atomic E-state index is 0.698. The molecule has 2 heteroatoms. The Morgan fingerprint density at radius 2 is 1.29 bits per heavy atom. The summed E-state index contributed by atoms with van der Waals surface area (Å²) in [6.45, 7) is 10.6. The molecule has 0 saturated carbocycles. The highest BCUT2D eigenvalue weighted by Crippen LogP contribution is 2.33. The first-order valence-corrected chi connectivity index (χ1v) is 11.9. The second-order valence-electron chi connectivity index (χ2n) is 7.77. The van der Waals surface area contributed by atoms with Crippen LogP contribution in [0.3, 0.4) is 0 Å². The summed E-state index contributed by atoms with van der Waals surface area (Å²) in [4.78, 5) is 9.26. The van der Waals surface area contributed by atoms with Crippen molar-refractivity contribution in [1.29, 1.82) is 0 Å². The predicted octanol–water partition coefficient (Wildman–Crippen LogP) is 8.88. The zero-order valence-electron chi connectivity index (χ0n) is 20.1. The van der Waals surface area contributed by atoms with Crippen molar-refractivity contribution in [1.82, 2.24) is 0 Å². The molecule has 168 valence electrons. The van der Waals surface area contributed by atoms with E-state index in [1.165, 1.54) is 21.9 Å². The van der Waals surface area contributed by atoms with Gasteiger partial charge in [-0.25, -0.2) is 0 Å². The first-order chi connectivity index (χ1) is 16.8. The quantitative estimate of drug-likeness (QED) is 0.243. The van der Waals surface area contributed by atoms with E-state index < -0.39 is 0 Å². The van der Waals surface area contributed by atoms with Crippen molar-refractivity contribution in [3.63, 3.8) is 0 Å². The number of hydrogen-bond acceptors (Lipinski definition) is 2. The lowest BCUT2D eigenvalue weighted by Crippen LogP contribution is -2.05. The SMILES string of the molecule is C=Nc1c(C(=NCC)c2ccc(-c3cccc4ccccc34)cc2)ccc2ccccc12.CC. The van der Waals surface area contributed by atoms with Gasteiger partial charge in [-0.15, -0.1) is 0 Å². The van der Waals surface area contributed by atoms with Crippen LogP contribution in [-0.2, 0) is 0 Å². The topological polar surface area (TPSA) is 24.7 Å². The maximum atomic E-state index is 4.86. The van der Waals surface area contributed by atoms with Gasteiger partial charge in [-0.05, 0) is 47.0 Å². The van der Waals surface area contributed by atoms with Gasteiger partial charge in [0.25, 0.3) is 0 Å². The van der Waals surface area contributed by atoms with Gasteiger partial charge >= 0.3 is 0 Å². The maximum Gasteiger partial charge on any atom is 0.0794 e. The van der Waals surface area contributed by atoms with Crippen LogP contribution in [0.1, 0.15) is 31.9 Å². The molecular formula is C32H30N2. The van der Waals surface area contributed by atoms with E-state index in [1.54, 1.807) is 0 Å². The normalized spacial score (nSPS) is 11.2.